The summed E-state index contributed by atoms with van der Waals surface area (Å²) in [6.45, 7) is 9.85. The molecular weight excluding hydrogens is 1070 g/mol. The lowest BCUT2D eigenvalue weighted by Gasteiger charge is -2.40. The second-order valence-electron chi connectivity index (χ2n) is 26.4. The van der Waals surface area contributed by atoms with Crippen molar-refractivity contribution in [2.24, 2.45) is 46.8 Å². The van der Waals surface area contributed by atoms with Crippen LogP contribution < -0.4 is 37.2 Å². The number of nitrogens with one attached hydrogen (secondary N) is 7. The standard InChI is InChI=1S/C59H103N9O9S3/c1-39-53(79-38-63-39)42-25-23-40(24-26-42)32-61-56(74)49-31-47(69)36-68(49)57(75)54(59(2,3)4)65-51(71)22-14-12-10-8-6-7-9-11-13-21-50(70)60-33-41-17-15-18-43(29-41)44-19-16-20-45(30-44)48-37-78-58(64-48)66-52(72)34-62-55(73)46-27-28-67(35-46)80(5,76)77/h39-49,53-54,58,63-64,69H,6-38H2,1-5H3,(H,60,70)(H,61,74)(H,62,73)(H,65,71)(H,66,72)/t39?,40?,41?,42?,43?,44?,45?,46?,47-,48?,49+,53?,54-,58?/m1/s1. The Hall–Kier alpha value is -2.69. The van der Waals surface area contributed by atoms with Crippen LogP contribution in [0.15, 0.2) is 0 Å². The highest BCUT2D eigenvalue weighted by Crippen LogP contribution is 2.44. The average Bonchev–Trinajstić information content (AvgIpc) is 4.30. The number of aliphatic hydroxyl groups excluding tert-OH is 1. The molecule has 4 saturated heterocycles. The third-order valence-electron chi connectivity index (χ3n) is 19.1. The molecule has 0 radical (unpaired) electrons. The third-order valence-corrected chi connectivity index (χ3v) is 23.0. The number of carbonyl (C=O) groups excluding carboxylic acids is 6. The Bertz CT molecular complexity index is 2150. The molecule has 7 fully saturated rings. The Morgan fingerprint density at radius 3 is 1.96 bits per heavy atom. The van der Waals surface area contributed by atoms with Gasteiger partial charge < -0.3 is 41.9 Å². The molecule has 4 heterocycles. The van der Waals surface area contributed by atoms with Crippen LogP contribution in [-0.4, -0.2) is 156 Å². The predicted molar refractivity (Wildman–Crippen MR) is 318 cm³/mol. The molecule has 4 aliphatic heterocycles. The summed E-state index contributed by atoms with van der Waals surface area (Å²) in [6, 6.07) is -0.687. The number of aliphatic hydroxyl groups is 1. The van der Waals surface area contributed by atoms with Gasteiger partial charge in [0, 0.05) is 80.9 Å². The molecule has 80 heavy (non-hydrogen) atoms. The van der Waals surface area contributed by atoms with E-state index in [-0.39, 0.29) is 67.0 Å². The largest absolute Gasteiger partial charge is 0.391 e. The minimum Gasteiger partial charge on any atom is -0.391 e. The predicted octanol–water partition coefficient (Wildman–Crippen LogP) is 5.98. The number of amides is 6. The Balaban J connectivity index is 0.686. The number of β-amino-alcohol motifs (C(OH)–C–C–N with tert-alkyl or cyclic N) is 1. The maximum absolute atomic E-state index is 14.1. The molecule has 3 aliphatic carbocycles. The number of likely N-dealkylation sites (tertiary alicyclic amines) is 1. The van der Waals surface area contributed by atoms with Crippen LogP contribution >= 0.6 is 23.5 Å². The number of thioether (sulfide) groups is 2. The molecule has 0 bridgehead atoms. The van der Waals surface area contributed by atoms with Crippen molar-refractivity contribution < 1.29 is 42.3 Å². The van der Waals surface area contributed by atoms with Crippen LogP contribution in [0.4, 0.5) is 0 Å². The van der Waals surface area contributed by atoms with Gasteiger partial charge in [0.2, 0.25) is 45.5 Å². The van der Waals surface area contributed by atoms with Crippen LogP contribution in [0.2, 0.25) is 0 Å². The first-order valence-corrected chi connectivity index (χ1v) is 35.2. The van der Waals surface area contributed by atoms with Crippen molar-refractivity contribution >= 4 is 69.0 Å². The topological polar surface area (TPSA) is 247 Å². The SMILES string of the molecule is CC1NCSC1C1CCC(CNC(=O)[C@@H]2C[C@@H](O)CN2C(=O)[C@@H](NC(=O)CCCCCCCCCCCC(=O)NCC2CCCC(C3CCCC(C4CSC(NC(=O)CNC(=O)C5CCN(S(C)(=O)=O)C5)N4)C3)C2)C(C)(C)C)CC1. The lowest BCUT2D eigenvalue weighted by atomic mass is 9.67. The van der Waals surface area contributed by atoms with E-state index in [0.29, 0.717) is 85.2 Å². The summed E-state index contributed by atoms with van der Waals surface area (Å²) in [4.78, 5) is 80.7. The quantitative estimate of drug-likeness (QED) is 0.0442. The zero-order valence-electron chi connectivity index (χ0n) is 49.2. The summed E-state index contributed by atoms with van der Waals surface area (Å²) in [6.07, 6.45) is 25.3. The number of nitrogens with zero attached hydrogens (tertiary/aromatic N) is 2. The van der Waals surface area contributed by atoms with Crippen LogP contribution in [0.5, 0.6) is 0 Å². The summed E-state index contributed by atoms with van der Waals surface area (Å²) >= 11 is 3.74. The molecule has 9 unspecified atom stereocenters. The van der Waals surface area contributed by atoms with Gasteiger partial charge in [-0.1, -0.05) is 91.4 Å². The lowest BCUT2D eigenvalue weighted by molar-refractivity contribution is -0.144. The molecule has 7 aliphatic rings. The fourth-order valence-corrected chi connectivity index (χ4v) is 17.9. The van der Waals surface area contributed by atoms with Gasteiger partial charge >= 0.3 is 0 Å². The number of rotatable bonds is 27. The van der Waals surface area contributed by atoms with Gasteiger partial charge in [-0.15, -0.1) is 23.5 Å². The summed E-state index contributed by atoms with van der Waals surface area (Å²) in [5, 5.41) is 33.7. The maximum atomic E-state index is 14.1. The molecule has 21 heteroatoms. The molecule has 8 N–H and O–H groups in total. The van der Waals surface area contributed by atoms with Gasteiger partial charge in [0.1, 0.15) is 17.6 Å². The summed E-state index contributed by atoms with van der Waals surface area (Å²) < 4.78 is 25.0. The van der Waals surface area contributed by atoms with Crippen LogP contribution in [0.3, 0.4) is 0 Å². The number of hydrogen-bond acceptors (Lipinski definition) is 13. The lowest BCUT2D eigenvalue weighted by Crippen LogP contribution is -2.58. The Morgan fingerprint density at radius 1 is 0.675 bits per heavy atom. The van der Waals surface area contributed by atoms with Crippen molar-refractivity contribution in [1.29, 1.82) is 0 Å². The van der Waals surface area contributed by atoms with E-state index in [2.05, 4.69) is 44.1 Å². The zero-order chi connectivity index (χ0) is 57.4. The Labute approximate surface area is 488 Å². The molecule has 456 valence electrons. The highest BCUT2D eigenvalue weighted by molar-refractivity contribution is 8.00. The second kappa shape index (κ2) is 31.4. The van der Waals surface area contributed by atoms with Crippen molar-refractivity contribution in [3.63, 3.8) is 0 Å². The van der Waals surface area contributed by atoms with Gasteiger partial charge in [-0.3, -0.25) is 34.1 Å². The minimum atomic E-state index is -3.34. The average molecular weight is 1180 g/mol. The van der Waals surface area contributed by atoms with E-state index in [9.17, 15) is 42.3 Å². The van der Waals surface area contributed by atoms with Crippen LogP contribution in [0, 0.1) is 46.8 Å². The number of sulfonamides is 1. The zero-order valence-corrected chi connectivity index (χ0v) is 51.7. The number of unbranched alkanes of at least 4 members (excludes halogenated alkanes) is 8. The molecule has 0 aromatic heterocycles. The molecule has 0 aromatic carbocycles. The molecule has 3 saturated carbocycles. The van der Waals surface area contributed by atoms with Crippen molar-refractivity contribution in [2.75, 3.05) is 57.2 Å². The Kier molecular flexibility index (Phi) is 25.5. The van der Waals surface area contributed by atoms with Crippen molar-refractivity contribution in [3.8, 4) is 0 Å². The van der Waals surface area contributed by atoms with Gasteiger partial charge in [-0.2, -0.15) is 0 Å². The van der Waals surface area contributed by atoms with E-state index in [4.69, 9.17) is 0 Å². The maximum Gasteiger partial charge on any atom is 0.246 e. The number of carbonyl (C=O) groups is 6. The van der Waals surface area contributed by atoms with Crippen molar-refractivity contribution in [2.45, 2.75) is 229 Å². The Morgan fingerprint density at radius 2 is 1.31 bits per heavy atom. The van der Waals surface area contributed by atoms with E-state index in [1.165, 1.54) is 73.4 Å². The molecule has 0 spiro atoms. The first-order valence-electron chi connectivity index (χ1n) is 31.3. The molecular formula is C59H103N9O9S3. The molecule has 12 atom stereocenters. The smallest absolute Gasteiger partial charge is 0.246 e. The fourth-order valence-electron chi connectivity index (χ4n) is 14.3. The van der Waals surface area contributed by atoms with E-state index >= 15 is 0 Å². The van der Waals surface area contributed by atoms with Crippen LogP contribution in [0.1, 0.15) is 188 Å². The third kappa shape index (κ3) is 20.0. The van der Waals surface area contributed by atoms with Crippen molar-refractivity contribution in [3.05, 3.63) is 0 Å². The fraction of sp³-hybridized carbons (Fsp3) is 0.898. The van der Waals surface area contributed by atoms with Crippen molar-refractivity contribution in [1.82, 2.24) is 46.4 Å². The summed E-state index contributed by atoms with van der Waals surface area (Å²) in [7, 11) is -3.34. The van der Waals surface area contributed by atoms with Gasteiger partial charge in [-0.05, 0) is 118 Å². The highest BCUT2D eigenvalue weighted by Gasteiger charge is 2.45. The van der Waals surface area contributed by atoms with Crippen LogP contribution in [-0.2, 0) is 38.8 Å². The van der Waals surface area contributed by atoms with Gasteiger partial charge in [0.25, 0.3) is 0 Å². The molecule has 6 amide bonds. The molecule has 0 aromatic rings. The minimum absolute atomic E-state index is 0.0827. The first kappa shape index (κ1) is 64.9. The summed E-state index contributed by atoms with van der Waals surface area (Å²) in [5.41, 5.74) is -0.782. The van der Waals surface area contributed by atoms with Gasteiger partial charge in [-0.25, -0.2) is 12.7 Å². The highest BCUT2D eigenvalue weighted by atomic mass is 32.2. The molecule has 18 nitrogen and oxygen atoms in total. The summed E-state index contributed by atoms with van der Waals surface area (Å²) in [5.74, 6) is 4.06. The second-order valence-corrected chi connectivity index (χ2v) is 30.7. The van der Waals surface area contributed by atoms with E-state index in [1.807, 2.05) is 32.5 Å². The van der Waals surface area contributed by atoms with Crippen LogP contribution in [0.25, 0.3) is 0 Å². The van der Waals surface area contributed by atoms with E-state index in [1.54, 1.807) is 11.8 Å². The van der Waals surface area contributed by atoms with Gasteiger partial charge in [0.15, 0.2) is 0 Å². The van der Waals surface area contributed by atoms with E-state index < -0.39 is 39.5 Å². The monoisotopic (exact) mass is 1180 g/mol. The van der Waals surface area contributed by atoms with Gasteiger partial charge in [0.05, 0.1) is 24.8 Å². The first-order chi connectivity index (χ1) is 38.2. The van der Waals surface area contributed by atoms with E-state index in [0.717, 1.165) is 95.1 Å². The normalized spacial score (nSPS) is 31.8. The number of hydrogen-bond donors (Lipinski definition) is 8. The molecule has 7 rings (SSSR count).